The van der Waals surface area contributed by atoms with Crippen LogP contribution < -0.4 is 15.4 Å². The standard InChI is InChI=1S/C18H14ClF3N2O3/c1-27-16-11(21)4-3-9(15(16)19)10-7-23-17(25)14(10)18(26)24-13-5-2-8(20)6-12(13)22/h2-6,10,14H,7H2,1H3,(H,23,25)(H,24,26)/t10-,14-/m1/s1. The van der Waals surface area contributed by atoms with E-state index >= 15 is 0 Å². The molecule has 27 heavy (non-hydrogen) atoms. The molecule has 2 N–H and O–H groups in total. The molecule has 9 heteroatoms. The minimum atomic E-state index is -1.23. The number of nitrogens with one attached hydrogen (secondary N) is 2. The molecule has 1 aliphatic heterocycles. The van der Waals surface area contributed by atoms with E-state index in [-0.39, 0.29) is 23.0 Å². The third-order valence-electron chi connectivity index (χ3n) is 4.34. The molecule has 1 heterocycles. The maximum absolute atomic E-state index is 13.8. The molecule has 142 valence electrons. The average molecular weight is 399 g/mol. The van der Waals surface area contributed by atoms with Gasteiger partial charge < -0.3 is 15.4 Å². The number of halogens is 4. The van der Waals surface area contributed by atoms with Crippen LogP contribution >= 0.6 is 11.6 Å². The van der Waals surface area contributed by atoms with Gasteiger partial charge in [0.2, 0.25) is 11.8 Å². The Labute approximate surface area is 157 Å². The second-order valence-corrected chi connectivity index (χ2v) is 6.30. The molecule has 0 unspecified atom stereocenters. The number of benzene rings is 2. The van der Waals surface area contributed by atoms with Crippen molar-refractivity contribution in [3.63, 3.8) is 0 Å². The van der Waals surface area contributed by atoms with Crippen LogP contribution in [-0.2, 0) is 9.59 Å². The Balaban J connectivity index is 1.92. The van der Waals surface area contributed by atoms with Crippen molar-refractivity contribution in [2.75, 3.05) is 19.0 Å². The van der Waals surface area contributed by atoms with E-state index in [0.717, 1.165) is 18.2 Å². The molecule has 5 nitrogen and oxygen atoms in total. The number of hydrogen-bond acceptors (Lipinski definition) is 3. The van der Waals surface area contributed by atoms with Crippen LogP contribution in [0.15, 0.2) is 30.3 Å². The lowest BCUT2D eigenvalue weighted by atomic mass is 9.87. The quantitative estimate of drug-likeness (QED) is 0.777. The Morgan fingerprint density at radius 1 is 1.22 bits per heavy atom. The Hall–Kier alpha value is -2.74. The van der Waals surface area contributed by atoms with Gasteiger partial charge >= 0.3 is 0 Å². The van der Waals surface area contributed by atoms with E-state index in [1.165, 1.54) is 13.2 Å². The Morgan fingerprint density at radius 3 is 2.63 bits per heavy atom. The number of rotatable bonds is 4. The lowest BCUT2D eigenvalue weighted by Crippen LogP contribution is -2.32. The molecular formula is C18H14ClF3N2O3. The van der Waals surface area contributed by atoms with Gasteiger partial charge in [-0.15, -0.1) is 0 Å². The minimum Gasteiger partial charge on any atom is -0.492 e. The van der Waals surface area contributed by atoms with Crippen LogP contribution in [0.2, 0.25) is 5.02 Å². The number of carbonyl (C=O) groups is 2. The number of anilines is 1. The van der Waals surface area contributed by atoms with Gasteiger partial charge in [-0.3, -0.25) is 9.59 Å². The van der Waals surface area contributed by atoms with Gasteiger partial charge in [0, 0.05) is 18.5 Å². The lowest BCUT2D eigenvalue weighted by Gasteiger charge is -2.19. The monoisotopic (exact) mass is 398 g/mol. The zero-order chi connectivity index (χ0) is 19.7. The molecule has 0 aliphatic carbocycles. The smallest absolute Gasteiger partial charge is 0.237 e. The second kappa shape index (κ2) is 7.48. The van der Waals surface area contributed by atoms with Crippen LogP contribution in [0.5, 0.6) is 5.75 Å². The van der Waals surface area contributed by atoms with Gasteiger partial charge in [0.15, 0.2) is 11.6 Å². The van der Waals surface area contributed by atoms with Gasteiger partial charge in [0.05, 0.1) is 17.8 Å². The van der Waals surface area contributed by atoms with Crippen LogP contribution in [-0.4, -0.2) is 25.5 Å². The number of methoxy groups -OCH3 is 1. The van der Waals surface area contributed by atoms with Crippen molar-refractivity contribution >= 4 is 29.1 Å². The van der Waals surface area contributed by atoms with Crippen LogP contribution in [0.3, 0.4) is 0 Å². The van der Waals surface area contributed by atoms with E-state index in [9.17, 15) is 22.8 Å². The van der Waals surface area contributed by atoms with E-state index in [1.54, 1.807) is 0 Å². The van der Waals surface area contributed by atoms with Crippen molar-refractivity contribution in [3.05, 3.63) is 58.4 Å². The predicted octanol–water partition coefficient (Wildman–Crippen LogP) is 3.23. The first-order chi connectivity index (χ1) is 12.8. The largest absolute Gasteiger partial charge is 0.492 e. The lowest BCUT2D eigenvalue weighted by molar-refractivity contribution is -0.130. The minimum absolute atomic E-state index is 0.0511. The maximum Gasteiger partial charge on any atom is 0.237 e. The van der Waals surface area contributed by atoms with Crippen molar-refractivity contribution in [2.24, 2.45) is 5.92 Å². The summed E-state index contributed by atoms with van der Waals surface area (Å²) in [6, 6.07) is 5.13. The van der Waals surface area contributed by atoms with E-state index in [1.807, 2.05) is 0 Å². The van der Waals surface area contributed by atoms with E-state index < -0.39 is 41.1 Å². The molecule has 2 aromatic carbocycles. The molecular weight excluding hydrogens is 385 g/mol. The summed E-state index contributed by atoms with van der Waals surface area (Å²) >= 11 is 6.18. The Bertz CT molecular complexity index is 923. The molecule has 0 saturated carbocycles. The first-order valence-electron chi connectivity index (χ1n) is 7.89. The van der Waals surface area contributed by atoms with Gasteiger partial charge in [-0.1, -0.05) is 17.7 Å². The molecule has 3 rings (SSSR count). The Kier molecular flexibility index (Phi) is 5.27. The summed E-state index contributed by atoms with van der Waals surface area (Å²) in [6.45, 7) is 0.0807. The first-order valence-corrected chi connectivity index (χ1v) is 8.26. The zero-order valence-electron chi connectivity index (χ0n) is 14.0. The summed E-state index contributed by atoms with van der Waals surface area (Å²) in [5, 5.41) is 4.77. The molecule has 2 atom stereocenters. The highest BCUT2D eigenvalue weighted by atomic mass is 35.5. The van der Waals surface area contributed by atoms with Crippen LogP contribution in [0.4, 0.5) is 18.9 Å². The molecule has 0 spiro atoms. The third-order valence-corrected chi connectivity index (χ3v) is 4.72. The van der Waals surface area contributed by atoms with E-state index in [4.69, 9.17) is 16.3 Å². The molecule has 1 saturated heterocycles. The van der Waals surface area contributed by atoms with E-state index in [0.29, 0.717) is 11.6 Å². The fraction of sp³-hybridized carbons (Fsp3) is 0.222. The van der Waals surface area contributed by atoms with Crippen LogP contribution in [0.1, 0.15) is 11.5 Å². The van der Waals surface area contributed by atoms with Gasteiger partial charge in [0.1, 0.15) is 17.6 Å². The fourth-order valence-electron chi connectivity index (χ4n) is 3.03. The van der Waals surface area contributed by atoms with Crippen molar-refractivity contribution in [1.29, 1.82) is 0 Å². The topological polar surface area (TPSA) is 67.4 Å². The maximum atomic E-state index is 13.8. The average Bonchev–Trinajstić information content (AvgIpc) is 2.99. The van der Waals surface area contributed by atoms with Crippen LogP contribution in [0, 0.1) is 23.4 Å². The van der Waals surface area contributed by atoms with Gasteiger partial charge in [-0.25, -0.2) is 13.2 Å². The summed E-state index contributed by atoms with van der Waals surface area (Å²) in [7, 11) is 1.24. The normalized spacial score (nSPS) is 18.9. The molecule has 1 fully saturated rings. The number of carbonyl (C=O) groups excluding carboxylic acids is 2. The highest BCUT2D eigenvalue weighted by molar-refractivity contribution is 6.33. The third kappa shape index (κ3) is 3.57. The van der Waals surface area contributed by atoms with Crippen molar-refractivity contribution in [1.82, 2.24) is 5.32 Å². The van der Waals surface area contributed by atoms with Crippen molar-refractivity contribution < 1.29 is 27.5 Å². The number of amides is 2. The van der Waals surface area contributed by atoms with Gasteiger partial charge in [-0.05, 0) is 23.8 Å². The summed E-state index contributed by atoms with van der Waals surface area (Å²) in [4.78, 5) is 24.8. The molecule has 0 radical (unpaired) electrons. The molecule has 0 bridgehead atoms. The first kappa shape index (κ1) is 19.0. The Morgan fingerprint density at radius 2 is 1.96 bits per heavy atom. The molecule has 2 amide bonds. The van der Waals surface area contributed by atoms with Crippen molar-refractivity contribution in [2.45, 2.75) is 5.92 Å². The fourth-order valence-corrected chi connectivity index (χ4v) is 3.41. The summed E-state index contributed by atoms with van der Waals surface area (Å²) in [5.74, 6) is -5.98. The predicted molar refractivity (Wildman–Crippen MR) is 92.2 cm³/mol. The molecule has 0 aromatic heterocycles. The second-order valence-electron chi connectivity index (χ2n) is 5.93. The summed E-state index contributed by atoms with van der Waals surface area (Å²) in [5.41, 5.74) is 0.0793. The highest BCUT2D eigenvalue weighted by Gasteiger charge is 2.42. The summed E-state index contributed by atoms with van der Waals surface area (Å²) in [6.07, 6.45) is 0. The SMILES string of the molecule is COc1c(F)ccc([C@H]2CNC(=O)[C@@H]2C(=O)Nc2ccc(F)cc2F)c1Cl. The molecule has 1 aliphatic rings. The highest BCUT2D eigenvalue weighted by Crippen LogP contribution is 2.39. The van der Waals surface area contributed by atoms with Gasteiger partial charge in [-0.2, -0.15) is 0 Å². The van der Waals surface area contributed by atoms with Crippen LogP contribution in [0.25, 0.3) is 0 Å². The molecule has 2 aromatic rings. The van der Waals surface area contributed by atoms with Gasteiger partial charge in [0.25, 0.3) is 0 Å². The van der Waals surface area contributed by atoms with E-state index in [2.05, 4.69) is 10.6 Å². The summed E-state index contributed by atoms with van der Waals surface area (Å²) < 4.78 is 45.5. The number of hydrogen-bond donors (Lipinski definition) is 2. The zero-order valence-corrected chi connectivity index (χ0v) is 14.7. The number of ether oxygens (including phenoxy) is 1. The van der Waals surface area contributed by atoms with Crippen molar-refractivity contribution in [3.8, 4) is 5.75 Å².